The van der Waals surface area contributed by atoms with Crippen LogP contribution in [0.25, 0.3) is 28.1 Å². The van der Waals surface area contributed by atoms with Crippen LogP contribution in [-0.4, -0.2) is 80.1 Å². The Balaban J connectivity index is 1.12. The summed E-state index contributed by atoms with van der Waals surface area (Å²) in [5.41, 5.74) is 6.62. The van der Waals surface area contributed by atoms with E-state index in [1.54, 1.807) is 10.9 Å². The number of nitrogens with two attached hydrogens (primary N) is 1. The van der Waals surface area contributed by atoms with Gasteiger partial charge in [0.2, 0.25) is 5.78 Å². The summed E-state index contributed by atoms with van der Waals surface area (Å²) in [6, 6.07) is -0.346. The van der Waals surface area contributed by atoms with Gasteiger partial charge in [-0.15, -0.1) is 0 Å². The Morgan fingerprint density at radius 1 is 1.04 bits per heavy atom. The second kappa shape index (κ2) is 11.1. The normalized spacial score (nSPS) is 35.0. The van der Waals surface area contributed by atoms with Crippen LogP contribution in [0.5, 0.6) is 0 Å². The van der Waals surface area contributed by atoms with Crippen molar-refractivity contribution in [3.8, 4) is 0 Å². The molecular formula is C24H26N10O9P2S2. The number of H-pyrrole nitrogens is 1. The van der Waals surface area contributed by atoms with Crippen LogP contribution < -0.4 is 11.3 Å². The molecule has 5 aromatic rings. The van der Waals surface area contributed by atoms with E-state index in [-0.39, 0.29) is 47.1 Å². The van der Waals surface area contributed by atoms with E-state index in [0.29, 0.717) is 17.6 Å². The molecule has 3 fully saturated rings. The zero-order chi connectivity index (χ0) is 32.8. The van der Waals surface area contributed by atoms with Crippen LogP contribution in [0.1, 0.15) is 18.7 Å². The highest BCUT2D eigenvalue weighted by molar-refractivity contribution is 8.44. The van der Waals surface area contributed by atoms with E-state index in [4.69, 9.17) is 28.6 Å². The van der Waals surface area contributed by atoms with Crippen LogP contribution >= 0.6 is 38.1 Å². The largest absolute Gasteiger partial charge is 0.436 e. The first-order valence-corrected chi connectivity index (χ1v) is 19.5. The molecule has 4 N–H and O–H groups in total. The molecule has 2 bridgehead atoms. The minimum Gasteiger partial charge on any atom is -0.422 e. The van der Waals surface area contributed by atoms with Gasteiger partial charge in [-0.1, -0.05) is 18.8 Å². The third-order valence-electron chi connectivity index (χ3n) is 8.60. The number of ether oxygens (including phenoxy) is 1. The Morgan fingerprint density at radius 2 is 1.81 bits per heavy atom. The summed E-state index contributed by atoms with van der Waals surface area (Å²) < 4.78 is 60.5. The molecule has 8 rings (SSSR count). The number of hydrogen-bond donors (Lipinski definition) is 5. The highest BCUT2D eigenvalue weighted by Crippen LogP contribution is 2.62. The van der Waals surface area contributed by atoms with E-state index >= 15 is 0 Å². The van der Waals surface area contributed by atoms with Gasteiger partial charge in [-0.05, 0) is 24.6 Å². The van der Waals surface area contributed by atoms with Crippen molar-refractivity contribution in [3.05, 3.63) is 54.1 Å². The summed E-state index contributed by atoms with van der Waals surface area (Å²) in [4.78, 5) is 36.9. The van der Waals surface area contributed by atoms with Crippen molar-refractivity contribution >= 4 is 72.0 Å². The monoisotopic (exact) mass is 724 g/mol. The summed E-state index contributed by atoms with van der Waals surface area (Å²) in [7, 11) is 0. The fraction of sp³-hybridized carbons (Fsp3) is 0.417. The summed E-state index contributed by atoms with van der Waals surface area (Å²) in [6.45, 7) is -4.96. The van der Waals surface area contributed by atoms with Gasteiger partial charge >= 0.3 is 13.6 Å². The average Bonchev–Trinajstić information content (AvgIpc) is 3.78. The lowest BCUT2D eigenvalue weighted by atomic mass is 9.68. The van der Waals surface area contributed by atoms with E-state index in [1.807, 2.05) is 0 Å². The van der Waals surface area contributed by atoms with Crippen molar-refractivity contribution in [2.24, 2.45) is 11.8 Å². The molecule has 5 aromatic heterocycles. The number of nitrogens with zero attached hydrogens (tertiary/aromatic N) is 8. The molecule has 248 valence electrons. The molecule has 0 aromatic carbocycles. The Morgan fingerprint density at radius 3 is 2.64 bits per heavy atom. The zero-order valence-electron chi connectivity index (χ0n) is 23.9. The molecule has 2 aliphatic heterocycles. The Bertz CT molecular complexity index is 2220. The molecular weight excluding hydrogens is 698 g/mol. The maximum atomic E-state index is 13.7. The number of anilines is 1. The maximum Gasteiger partial charge on any atom is 0.436 e. The molecule has 0 spiro atoms. The first-order chi connectivity index (χ1) is 22.4. The first kappa shape index (κ1) is 31.0. The van der Waals surface area contributed by atoms with Gasteiger partial charge in [0.25, 0.3) is 5.56 Å². The molecule has 47 heavy (non-hydrogen) atoms. The molecule has 19 nitrogen and oxygen atoms in total. The number of nitrogens with one attached hydrogen (secondary N) is 1. The van der Waals surface area contributed by atoms with Crippen molar-refractivity contribution < 1.29 is 37.1 Å². The second-order valence-electron chi connectivity index (χ2n) is 11.3. The molecule has 0 amide bonds. The minimum absolute atomic E-state index is 0.0420. The Labute approximate surface area is 273 Å². The van der Waals surface area contributed by atoms with E-state index in [2.05, 4.69) is 61.0 Å². The number of thiol groups is 2. The second-order valence-corrected chi connectivity index (χ2v) is 17.0. The van der Waals surface area contributed by atoms with Crippen LogP contribution in [0.4, 0.5) is 5.82 Å². The quantitative estimate of drug-likeness (QED) is 0.130. The van der Waals surface area contributed by atoms with Crippen molar-refractivity contribution in [2.75, 3.05) is 18.9 Å². The first-order valence-electron chi connectivity index (χ1n) is 14.1. The summed E-state index contributed by atoms with van der Waals surface area (Å²) in [5.74, 6) is -0.436. The van der Waals surface area contributed by atoms with Crippen LogP contribution in [0.15, 0.2) is 48.5 Å². The van der Waals surface area contributed by atoms with Gasteiger partial charge in [0.15, 0.2) is 23.2 Å². The fourth-order valence-electron chi connectivity index (χ4n) is 6.35. The van der Waals surface area contributed by atoms with Crippen LogP contribution in [-0.2, 0) is 32.0 Å². The van der Waals surface area contributed by atoms with E-state index in [9.17, 15) is 19.0 Å². The predicted octanol–water partition coefficient (Wildman–Crippen LogP) is 2.27. The number of fused-ring (bicyclic) bond motifs is 6. The standard InChI is InChI=1S/C24H26N10O9P2S2/c1-10-14-11(4-12(14)33-8-29-15-19(25)27-7-28-20(15)33)5-39-45(38,47)43-18-17(35)13(6-40-44(37,46)42-10)41-23(18)34-9-30-16-21(34)31-24-26-2-3-32(24)22(16)36/h2-3,7-9,11-14,17-18,23,35H,1,4-6H2,(H,26,31)(H,37,46)(H,38,47)(H2,25,27,28)/t11-,12-,13-,14-,17-,18-,23-,44-,45+/m1/s1. The highest BCUT2D eigenvalue weighted by atomic mass is 32.7. The number of hydrogen-bond acceptors (Lipinski definition) is 15. The lowest BCUT2D eigenvalue weighted by Crippen LogP contribution is -2.42. The van der Waals surface area contributed by atoms with Crippen LogP contribution in [0, 0.1) is 11.8 Å². The Hall–Kier alpha value is -3.26. The average molecular weight is 725 g/mol. The Kier molecular flexibility index (Phi) is 7.36. The number of aromatic nitrogens is 9. The minimum atomic E-state index is -4.19. The lowest BCUT2D eigenvalue weighted by Gasteiger charge is -2.45. The number of aliphatic hydroxyl groups is 1. The topological polar surface area (TPSA) is 238 Å². The number of nitrogen functional groups attached to an aromatic ring is 1. The van der Waals surface area contributed by atoms with Crippen molar-refractivity contribution in [1.29, 1.82) is 0 Å². The van der Waals surface area contributed by atoms with Crippen molar-refractivity contribution in [3.63, 3.8) is 0 Å². The van der Waals surface area contributed by atoms with Crippen LogP contribution in [0.2, 0.25) is 0 Å². The summed E-state index contributed by atoms with van der Waals surface area (Å²) in [5, 5.41) is 11.3. The number of aliphatic hydroxyl groups excluding tert-OH is 1. The smallest absolute Gasteiger partial charge is 0.422 e. The van der Waals surface area contributed by atoms with Gasteiger partial charge in [-0.25, -0.2) is 38.5 Å². The number of aromatic amines is 1. The molecule has 3 aliphatic rings. The number of allylic oxidation sites excluding steroid dienone is 1. The third-order valence-corrected chi connectivity index (χ3v) is 11.7. The van der Waals surface area contributed by atoms with Gasteiger partial charge in [-0.2, -0.15) is 0 Å². The van der Waals surface area contributed by atoms with Crippen molar-refractivity contribution in [2.45, 2.75) is 37.0 Å². The summed E-state index contributed by atoms with van der Waals surface area (Å²) in [6.07, 6.45) is 2.22. The maximum absolute atomic E-state index is 13.7. The lowest BCUT2D eigenvalue weighted by molar-refractivity contribution is -0.0458. The third kappa shape index (κ3) is 5.21. The number of imidazole rings is 3. The predicted molar refractivity (Wildman–Crippen MR) is 170 cm³/mol. The van der Waals surface area contributed by atoms with Gasteiger partial charge in [-0.3, -0.25) is 18.4 Å². The highest BCUT2D eigenvalue weighted by Gasteiger charge is 2.52. The summed E-state index contributed by atoms with van der Waals surface area (Å²) >= 11 is 8.37. The van der Waals surface area contributed by atoms with Gasteiger partial charge in [0.05, 0.1) is 25.9 Å². The fourth-order valence-corrected chi connectivity index (χ4v) is 9.18. The van der Waals surface area contributed by atoms with Crippen molar-refractivity contribution in [1.82, 2.24) is 43.4 Å². The van der Waals surface area contributed by atoms with E-state index in [1.165, 1.54) is 34.0 Å². The SMILES string of the molecule is C=C1O[P@](=O)(S)OC[C@H]2O[C@@H](n3cnc4c(=O)n5ccnc5[nH]c43)[C@H](O[P@@](=O)(S)OC[C@H]3C[C@@H](n4cnc5c(N)ncnc54)[C@H]13)[C@@H]2O. The molecule has 0 radical (unpaired) electrons. The number of rotatable bonds is 2. The molecule has 1 saturated carbocycles. The van der Waals surface area contributed by atoms with Gasteiger partial charge in [0, 0.05) is 24.4 Å². The van der Waals surface area contributed by atoms with Gasteiger partial charge in [0.1, 0.15) is 41.6 Å². The molecule has 9 atom stereocenters. The van der Waals surface area contributed by atoms with E-state index < -0.39 is 56.2 Å². The zero-order valence-corrected chi connectivity index (χ0v) is 27.5. The molecule has 0 unspecified atom stereocenters. The molecule has 1 aliphatic carbocycles. The molecule has 7 heterocycles. The molecule has 23 heteroatoms. The molecule has 2 saturated heterocycles. The van der Waals surface area contributed by atoms with Gasteiger partial charge < -0.3 is 34.2 Å². The van der Waals surface area contributed by atoms with Crippen LogP contribution in [0.3, 0.4) is 0 Å². The van der Waals surface area contributed by atoms with E-state index in [0.717, 1.165) is 0 Å².